The molecule has 0 aliphatic carbocycles. The van der Waals surface area contributed by atoms with Crippen LogP contribution in [0.5, 0.6) is 0 Å². The van der Waals surface area contributed by atoms with E-state index in [4.69, 9.17) is 4.52 Å². The molecule has 1 saturated heterocycles. The molecular formula is C19H23N5O. The number of hydrogen-bond acceptors (Lipinski definition) is 5. The molecule has 3 aromatic heterocycles. The summed E-state index contributed by atoms with van der Waals surface area (Å²) in [6.45, 7) is 4.99. The van der Waals surface area contributed by atoms with Crippen molar-refractivity contribution in [3.8, 4) is 11.3 Å². The van der Waals surface area contributed by atoms with Crippen LogP contribution in [0, 0.1) is 6.92 Å². The molecule has 1 fully saturated rings. The van der Waals surface area contributed by atoms with Crippen LogP contribution in [0.4, 0.5) is 0 Å². The molecule has 1 atom stereocenters. The maximum Gasteiger partial charge on any atom is 0.151 e. The van der Waals surface area contributed by atoms with Crippen LogP contribution in [0.15, 0.2) is 41.3 Å². The SMILES string of the molecule is Cc1c(-c2cc(CN3CCCC(c4ccncc4)C3)on2)cnn1C. The summed E-state index contributed by atoms with van der Waals surface area (Å²) in [6, 6.07) is 6.30. The van der Waals surface area contributed by atoms with E-state index in [0.29, 0.717) is 5.92 Å². The fraction of sp³-hybridized carbons (Fsp3) is 0.421. The van der Waals surface area contributed by atoms with Crippen molar-refractivity contribution in [1.29, 1.82) is 0 Å². The average molecular weight is 337 g/mol. The van der Waals surface area contributed by atoms with Crippen molar-refractivity contribution in [2.45, 2.75) is 32.2 Å². The van der Waals surface area contributed by atoms with Crippen molar-refractivity contribution in [3.63, 3.8) is 0 Å². The first kappa shape index (κ1) is 16.0. The summed E-state index contributed by atoms with van der Waals surface area (Å²) < 4.78 is 7.44. The number of pyridine rings is 1. The Labute approximate surface area is 147 Å². The predicted octanol–water partition coefficient (Wildman–Crippen LogP) is 3.16. The van der Waals surface area contributed by atoms with Crippen LogP contribution in [-0.2, 0) is 13.6 Å². The standard InChI is InChI=1S/C19H23N5O/c1-14-18(11-21-23(14)2)19-10-17(25-22-19)13-24-9-3-4-16(12-24)15-5-7-20-8-6-15/h5-8,10-11,16H,3-4,9,12-13H2,1-2H3. The van der Waals surface area contributed by atoms with Crippen LogP contribution in [0.1, 0.15) is 35.8 Å². The van der Waals surface area contributed by atoms with E-state index in [1.807, 2.05) is 43.3 Å². The van der Waals surface area contributed by atoms with E-state index in [0.717, 1.165) is 42.3 Å². The summed E-state index contributed by atoms with van der Waals surface area (Å²) in [5.41, 5.74) is 4.37. The molecule has 1 unspecified atom stereocenters. The zero-order valence-corrected chi connectivity index (χ0v) is 14.7. The number of nitrogens with zero attached hydrogens (tertiary/aromatic N) is 5. The molecule has 0 amide bonds. The van der Waals surface area contributed by atoms with Crippen molar-refractivity contribution >= 4 is 0 Å². The van der Waals surface area contributed by atoms with Crippen molar-refractivity contribution < 1.29 is 4.52 Å². The fourth-order valence-electron chi connectivity index (χ4n) is 3.59. The van der Waals surface area contributed by atoms with E-state index in [1.165, 1.54) is 18.4 Å². The lowest BCUT2D eigenvalue weighted by Gasteiger charge is -2.32. The molecule has 0 spiro atoms. The third kappa shape index (κ3) is 3.35. The first-order valence-electron chi connectivity index (χ1n) is 8.77. The molecule has 25 heavy (non-hydrogen) atoms. The van der Waals surface area contributed by atoms with Gasteiger partial charge in [-0.3, -0.25) is 14.6 Å². The van der Waals surface area contributed by atoms with Gasteiger partial charge in [0.2, 0.25) is 0 Å². The summed E-state index contributed by atoms with van der Waals surface area (Å²) in [5.74, 6) is 1.48. The fourth-order valence-corrected chi connectivity index (χ4v) is 3.59. The van der Waals surface area contributed by atoms with Crippen LogP contribution in [-0.4, -0.2) is 37.9 Å². The van der Waals surface area contributed by atoms with E-state index in [9.17, 15) is 0 Å². The van der Waals surface area contributed by atoms with E-state index in [-0.39, 0.29) is 0 Å². The van der Waals surface area contributed by atoms with Gasteiger partial charge in [-0.1, -0.05) is 5.16 Å². The Morgan fingerprint density at radius 1 is 1.28 bits per heavy atom. The third-order valence-electron chi connectivity index (χ3n) is 5.13. The molecule has 0 saturated carbocycles. The highest BCUT2D eigenvalue weighted by atomic mass is 16.5. The van der Waals surface area contributed by atoms with Gasteiger partial charge < -0.3 is 4.52 Å². The van der Waals surface area contributed by atoms with Crippen LogP contribution in [0.3, 0.4) is 0 Å². The molecule has 1 aliphatic rings. The van der Waals surface area contributed by atoms with Crippen molar-refractivity contribution in [1.82, 2.24) is 24.8 Å². The summed E-state index contributed by atoms with van der Waals surface area (Å²) in [4.78, 5) is 6.58. The average Bonchev–Trinajstić information content (AvgIpc) is 3.23. The quantitative estimate of drug-likeness (QED) is 0.732. The molecule has 6 nitrogen and oxygen atoms in total. The molecule has 0 bridgehead atoms. The van der Waals surface area contributed by atoms with Gasteiger partial charge in [0.05, 0.1) is 12.7 Å². The van der Waals surface area contributed by atoms with Gasteiger partial charge in [-0.2, -0.15) is 5.10 Å². The van der Waals surface area contributed by atoms with Crippen molar-refractivity contribution in [3.05, 3.63) is 53.8 Å². The zero-order valence-electron chi connectivity index (χ0n) is 14.7. The topological polar surface area (TPSA) is 60.0 Å². The van der Waals surface area contributed by atoms with Gasteiger partial charge in [-0.25, -0.2) is 0 Å². The van der Waals surface area contributed by atoms with Gasteiger partial charge in [0.1, 0.15) is 5.69 Å². The molecule has 0 aromatic carbocycles. The molecule has 3 aromatic rings. The van der Waals surface area contributed by atoms with Gasteiger partial charge >= 0.3 is 0 Å². The second-order valence-corrected chi connectivity index (χ2v) is 6.80. The summed E-state index contributed by atoms with van der Waals surface area (Å²) in [5, 5.41) is 8.52. The summed E-state index contributed by atoms with van der Waals surface area (Å²) in [6.07, 6.45) is 8.05. The third-order valence-corrected chi connectivity index (χ3v) is 5.13. The Kier molecular flexibility index (Phi) is 4.36. The zero-order chi connectivity index (χ0) is 17.2. The number of rotatable bonds is 4. The van der Waals surface area contributed by atoms with E-state index >= 15 is 0 Å². The molecule has 0 N–H and O–H groups in total. The minimum atomic E-state index is 0.569. The lowest BCUT2D eigenvalue weighted by atomic mass is 9.91. The van der Waals surface area contributed by atoms with Crippen LogP contribution in [0.25, 0.3) is 11.3 Å². The molecule has 4 rings (SSSR count). The monoisotopic (exact) mass is 337 g/mol. The highest BCUT2D eigenvalue weighted by molar-refractivity contribution is 5.60. The molecule has 0 radical (unpaired) electrons. The van der Waals surface area contributed by atoms with Gasteiger partial charge in [-0.05, 0) is 49.9 Å². The van der Waals surface area contributed by atoms with Gasteiger partial charge in [0.15, 0.2) is 5.76 Å². The summed E-state index contributed by atoms with van der Waals surface area (Å²) >= 11 is 0. The Bertz CT molecular complexity index is 839. The lowest BCUT2D eigenvalue weighted by Crippen LogP contribution is -2.33. The van der Waals surface area contributed by atoms with E-state index in [2.05, 4.69) is 32.3 Å². The number of hydrogen-bond donors (Lipinski definition) is 0. The normalized spacial score (nSPS) is 18.6. The Balaban J connectivity index is 1.45. The van der Waals surface area contributed by atoms with Gasteiger partial charge in [0, 0.05) is 43.3 Å². The second-order valence-electron chi connectivity index (χ2n) is 6.80. The number of aromatic nitrogens is 4. The van der Waals surface area contributed by atoms with Crippen LogP contribution < -0.4 is 0 Å². The van der Waals surface area contributed by atoms with Crippen LogP contribution in [0.2, 0.25) is 0 Å². The molecule has 4 heterocycles. The largest absolute Gasteiger partial charge is 0.359 e. The second kappa shape index (κ2) is 6.80. The highest BCUT2D eigenvalue weighted by Crippen LogP contribution is 2.28. The molecule has 1 aliphatic heterocycles. The highest BCUT2D eigenvalue weighted by Gasteiger charge is 2.22. The maximum atomic E-state index is 5.59. The van der Waals surface area contributed by atoms with Crippen molar-refractivity contribution in [2.75, 3.05) is 13.1 Å². The van der Waals surface area contributed by atoms with E-state index in [1.54, 1.807) is 0 Å². The molecule has 6 heteroatoms. The predicted molar refractivity (Wildman–Crippen MR) is 94.9 cm³/mol. The van der Waals surface area contributed by atoms with Crippen LogP contribution >= 0.6 is 0 Å². The molecule has 130 valence electrons. The maximum absolute atomic E-state index is 5.59. The first-order valence-corrected chi connectivity index (χ1v) is 8.77. The Morgan fingerprint density at radius 3 is 2.88 bits per heavy atom. The Hall–Kier alpha value is -2.47. The minimum absolute atomic E-state index is 0.569. The Morgan fingerprint density at radius 2 is 2.12 bits per heavy atom. The number of aryl methyl sites for hydroxylation is 1. The van der Waals surface area contributed by atoms with E-state index < -0.39 is 0 Å². The van der Waals surface area contributed by atoms with Gasteiger partial charge in [0.25, 0.3) is 0 Å². The van der Waals surface area contributed by atoms with Gasteiger partial charge in [-0.15, -0.1) is 0 Å². The molecular weight excluding hydrogens is 314 g/mol. The van der Waals surface area contributed by atoms with Crippen molar-refractivity contribution in [2.24, 2.45) is 7.05 Å². The summed E-state index contributed by atoms with van der Waals surface area (Å²) in [7, 11) is 1.94. The number of piperidine rings is 1. The first-order chi connectivity index (χ1) is 12.2. The minimum Gasteiger partial charge on any atom is -0.359 e. The smallest absolute Gasteiger partial charge is 0.151 e. The lowest BCUT2D eigenvalue weighted by molar-refractivity contribution is 0.180. The number of likely N-dealkylation sites (tertiary alicyclic amines) is 1.